The van der Waals surface area contributed by atoms with E-state index in [1.54, 1.807) is 0 Å². The number of likely N-dealkylation sites (N-methyl/N-ethyl adjacent to an activating group) is 1. The van der Waals surface area contributed by atoms with Crippen molar-refractivity contribution in [3.05, 3.63) is 12.2 Å². The first-order chi connectivity index (χ1) is 15.3. The van der Waals surface area contributed by atoms with Crippen molar-refractivity contribution in [3.63, 3.8) is 0 Å². The van der Waals surface area contributed by atoms with E-state index in [2.05, 4.69) is 35.7 Å². The summed E-state index contributed by atoms with van der Waals surface area (Å²) in [5.41, 5.74) is 3.58. The number of amides is 2. The van der Waals surface area contributed by atoms with Gasteiger partial charge in [0.1, 0.15) is 0 Å². The molecular formula is C26H42N4O2. The standard InChI is InChI=1S/C26H42N4O2/c1-25-13-11-20-18(8-10-21-26(20,2)14-12-24(32)29(21)4)19(25)9-7-17(25)16-23(31)28-30-15-5-6-22(30)27-3/h12,14,17-22,27H,5-11,13,15-16H2,1-4H3,(H,28,31)/t17-,18+,19+,20+,21-,22?,25-,26-/m1/s1. The number of carbonyl (C=O) groups excluding carboxylic acids is 2. The van der Waals surface area contributed by atoms with Crippen LogP contribution < -0.4 is 10.7 Å². The van der Waals surface area contributed by atoms with E-state index in [1.165, 1.54) is 32.1 Å². The minimum Gasteiger partial charge on any atom is -0.338 e. The minimum absolute atomic E-state index is 0.0975. The van der Waals surface area contributed by atoms with E-state index >= 15 is 0 Å². The molecule has 32 heavy (non-hydrogen) atoms. The molecule has 4 fully saturated rings. The average Bonchev–Trinajstić information content (AvgIpc) is 3.35. The Bertz CT molecular complexity index is 799. The summed E-state index contributed by atoms with van der Waals surface area (Å²) in [5.74, 6) is 2.94. The first kappa shape index (κ1) is 22.4. The number of hydrogen-bond donors (Lipinski definition) is 2. The van der Waals surface area contributed by atoms with Crippen LogP contribution in [0.2, 0.25) is 0 Å². The Labute approximate surface area is 193 Å². The van der Waals surface area contributed by atoms with Gasteiger partial charge in [0.2, 0.25) is 11.8 Å². The summed E-state index contributed by atoms with van der Waals surface area (Å²) < 4.78 is 0. The highest BCUT2D eigenvalue weighted by Gasteiger charge is 2.60. The molecule has 2 N–H and O–H groups in total. The topological polar surface area (TPSA) is 64.7 Å². The van der Waals surface area contributed by atoms with E-state index in [0.717, 1.165) is 31.7 Å². The van der Waals surface area contributed by atoms with E-state index in [1.807, 2.05) is 25.1 Å². The van der Waals surface area contributed by atoms with Crippen LogP contribution in [0.1, 0.15) is 71.6 Å². The third-order valence-corrected chi connectivity index (χ3v) is 10.6. The van der Waals surface area contributed by atoms with Crippen LogP contribution in [0.3, 0.4) is 0 Å². The predicted octanol–water partition coefficient (Wildman–Crippen LogP) is 3.30. The monoisotopic (exact) mass is 442 g/mol. The second kappa shape index (κ2) is 8.12. The fraction of sp³-hybridized carbons (Fsp3) is 0.846. The molecule has 2 aliphatic heterocycles. The van der Waals surface area contributed by atoms with Crippen LogP contribution in [0, 0.1) is 34.5 Å². The summed E-state index contributed by atoms with van der Waals surface area (Å²) in [5, 5.41) is 5.41. The molecular weight excluding hydrogens is 400 g/mol. The van der Waals surface area contributed by atoms with Gasteiger partial charge in [0, 0.05) is 31.5 Å². The average molecular weight is 443 g/mol. The number of hydrazine groups is 1. The lowest BCUT2D eigenvalue weighted by molar-refractivity contribution is -0.139. The molecule has 0 aromatic carbocycles. The lowest BCUT2D eigenvalue weighted by Crippen LogP contribution is -2.59. The maximum absolute atomic E-state index is 13.0. The molecule has 5 aliphatic rings. The third kappa shape index (κ3) is 3.35. The Hall–Kier alpha value is -1.40. The lowest BCUT2D eigenvalue weighted by Gasteiger charge is -2.60. The smallest absolute Gasteiger partial charge is 0.246 e. The van der Waals surface area contributed by atoms with Crippen molar-refractivity contribution in [3.8, 4) is 0 Å². The maximum Gasteiger partial charge on any atom is 0.246 e. The predicted molar refractivity (Wildman–Crippen MR) is 125 cm³/mol. The van der Waals surface area contributed by atoms with Crippen LogP contribution in [0.5, 0.6) is 0 Å². The van der Waals surface area contributed by atoms with Crippen LogP contribution in [-0.2, 0) is 9.59 Å². The summed E-state index contributed by atoms with van der Waals surface area (Å²) in [6, 6.07) is 0.342. The Morgan fingerprint density at radius 2 is 1.94 bits per heavy atom. The molecule has 3 saturated carbocycles. The van der Waals surface area contributed by atoms with Gasteiger partial charge in [0.15, 0.2) is 0 Å². The fourth-order valence-corrected chi connectivity index (χ4v) is 8.81. The molecule has 3 aliphatic carbocycles. The Kier molecular flexibility index (Phi) is 5.68. The number of nitrogens with one attached hydrogen (secondary N) is 2. The van der Waals surface area contributed by atoms with Crippen molar-refractivity contribution < 1.29 is 9.59 Å². The summed E-state index contributed by atoms with van der Waals surface area (Å²) in [7, 11) is 3.96. The van der Waals surface area contributed by atoms with Crippen molar-refractivity contribution in [1.29, 1.82) is 0 Å². The van der Waals surface area contributed by atoms with Gasteiger partial charge in [-0.1, -0.05) is 19.9 Å². The Morgan fingerprint density at radius 1 is 1.12 bits per heavy atom. The molecule has 178 valence electrons. The molecule has 0 aromatic heterocycles. The van der Waals surface area contributed by atoms with Gasteiger partial charge in [-0.05, 0) is 93.6 Å². The van der Waals surface area contributed by atoms with Crippen LogP contribution in [0.4, 0.5) is 0 Å². The quantitative estimate of drug-likeness (QED) is 0.701. The van der Waals surface area contributed by atoms with Gasteiger partial charge in [-0.3, -0.25) is 15.0 Å². The zero-order chi connectivity index (χ0) is 22.7. The molecule has 0 spiro atoms. The highest BCUT2D eigenvalue weighted by molar-refractivity contribution is 5.89. The van der Waals surface area contributed by atoms with Crippen molar-refractivity contribution in [2.45, 2.75) is 83.8 Å². The molecule has 0 radical (unpaired) electrons. The number of nitrogens with zero attached hydrogens (tertiary/aromatic N) is 2. The molecule has 6 nitrogen and oxygen atoms in total. The van der Waals surface area contributed by atoms with Crippen molar-refractivity contribution in [2.24, 2.45) is 34.5 Å². The third-order valence-electron chi connectivity index (χ3n) is 10.6. The van der Waals surface area contributed by atoms with Gasteiger partial charge >= 0.3 is 0 Å². The Balaban J connectivity index is 1.28. The normalized spacial score (nSPS) is 46.0. The van der Waals surface area contributed by atoms with Crippen LogP contribution in [-0.4, -0.2) is 54.6 Å². The molecule has 1 saturated heterocycles. The molecule has 6 heteroatoms. The van der Waals surface area contributed by atoms with Gasteiger partial charge in [0.05, 0.1) is 6.17 Å². The second-order valence-electron chi connectivity index (χ2n) is 11.8. The molecule has 2 amide bonds. The minimum atomic E-state index is 0.0975. The number of rotatable bonds is 4. The van der Waals surface area contributed by atoms with Crippen LogP contribution in [0.25, 0.3) is 0 Å². The SMILES string of the molecule is CNC1CCCN1NC(=O)C[C@H]1CC[C@H]2[C@@H]3CC[C@H]4N(C)C(=O)C=C[C@]4(C)[C@H]3CC[C@]12C. The number of fused-ring (bicyclic) bond motifs is 5. The van der Waals surface area contributed by atoms with Crippen molar-refractivity contribution in [2.75, 3.05) is 20.6 Å². The van der Waals surface area contributed by atoms with E-state index in [-0.39, 0.29) is 28.8 Å². The first-order valence-electron chi connectivity index (χ1n) is 13.0. The zero-order valence-corrected chi connectivity index (χ0v) is 20.4. The molecule has 0 aromatic rings. The molecule has 0 bridgehead atoms. The molecule has 8 atom stereocenters. The zero-order valence-electron chi connectivity index (χ0n) is 20.4. The summed E-state index contributed by atoms with van der Waals surface area (Å²) in [6.07, 6.45) is 14.5. The van der Waals surface area contributed by atoms with Gasteiger partial charge in [-0.25, -0.2) is 5.01 Å². The van der Waals surface area contributed by atoms with Crippen LogP contribution in [0.15, 0.2) is 12.2 Å². The van der Waals surface area contributed by atoms with Crippen molar-refractivity contribution >= 4 is 11.8 Å². The summed E-state index contributed by atoms with van der Waals surface area (Å²) >= 11 is 0. The highest BCUT2D eigenvalue weighted by Crippen LogP contribution is 2.65. The largest absolute Gasteiger partial charge is 0.338 e. The number of hydrogen-bond acceptors (Lipinski definition) is 4. The van der Waals surface area contributed by atoms with Gasteiger partial charge in [0.25, 0.3) is 0 Å². The maximum atomic E-state index is 13.0. The van der Waals surface area contributed by atoms with E-state index in [4.69, 9.17) is 0 Å². The van der Waals surface area contributed by atoms with E-state index < -0.39 is 0 Å². The van der Waals surface area contributed by atoms with E-state index in [9.17, 15) is 9.59 Å². The molecule has 1 unspecified atom stereocenters. The van der Waals surface area contributed by atoms with Crippen molar-refractivity contribution in [1.82, 2.24) is 20.7 Å². The number of carbonyl (C=O) groups is 2. The van der Waals surface area contributed by atoms with Gasteiger partial charge in [-0.15, -0.1) is 0 Å². The fourth-order valence-electron chi connectivity index (χ4n) is 8.81. The highest BCUT2D eigenvalue weighted by atomic mass is 16.2. The molecule has 5 rings (SSSR count). The Morgan fingerprint density at radius 3 is 2.72 bits per heavy atom. The molecule has 2 heterocycles. The summed E-state index contributed by atoms with van der Waals surface area (Å²) in [4.78, 5) is 27.3. The second-order valence-corrected chi connectivity index (χ2v) is 11.8. The van der Waals surface area contributed by atoms with E-state index in [0.29, 0.717) is 30.2 Å². The van der Waals surface area contributed by atoms with Gasteiger partial charge < -0.3 is 10.2 Å². The summed E-state index contributed by atoms with van der Waals surface area (Å²) in [6.45, 7) is 5.84. The van der Waals surface area contributed by atoms with Crippen LogP contribution >= 0.6 is 0 Å². The lowest BCUT2D eigenvalue weighted by atomic mass is 9.47. The first-order valence-corrected chi connectivity index (χ1v) is 13.0. The van der Waals surface area contributed by atoms with Gasteiger partial charge in [-0.2, -0.15) is 0 Å².